The number of nitrogens with two attached hydrogens (primary N) is 1. The summed E-state index contributed by atoms with van der Waals surface area (Å²) in [6.07, 6.45) is 2.08. The van der Waals surface area contributed by atoms with Crippen LogP contribution in [0.3, 0.4) is 0 Å². The van der Waals surface area contributed by atoms with Crippen LogP contribution >= 0.6 is 0 Å². The van der Waals surface area contributed by atoms with Gasteiger partial charge in [-0.3, -0.25) is 9.78 Å². The highest BCUT2D eigenvalue weighted by Gasteiger charge is 2.29. The molecule has 0 aliphatic rings. The van der Waals surface area contributed by atoms with Crippen LogP contribution in [0, 0.1) is 0 Å². The quantitative estimate of drug-likeness (QED) is 0.843. The average Bonchev–Trinajstić information content (AvgIpc) is 2.46. The molecule has 0 amide bonds. The van der Waals surface area contributed by atoms with Crippen molar-refractivity contribution in [1.82, 2.24) is 4.98 Å². The smallest absolute Gasteiger partial charge is 0.325 e. The Morgan fingerprint density at radius 1 is 1.35 bits per heavy atom. The van der Waals surface area contributed by atoms with E-state index in [0.29, 0.717) is 18.8 Å². The Hall–Kier alpha value is -2.14. The van der Waals surface area contributed by atoms with Gasteiger partial charge in [0.1, 0.15) is 16.8 Å². The minimum Gasteiger partial charge on any atom is -0.491 e. The van der Waals surface area contributed by atoms with E-state index in [1.807, 2.05) is 30.3 Å². The first-order valence-corrected chi connectivity index (χ1v) is 6.38. The second kappa shape index (κ2) is 5.88. The lowest BCUT2D eigenvalue weighted by molar-refractivity contribution is -0.146. The molecule has 0 fully saturated rings. The summed E-state index contributed by atoms with van der Waals surface area (Å²) in [5.41, 5.74) is 5.63. The van der Waals surface area contributed by atoms with E-state index < -0.39 is 11.5 Å². The highest BCUT2D eigenvalue weighted by Crippen LogP contribution is 2.23. The van der Waals surface area contributed by atoms with E-state index in [-0.39, 0.29) is 0 Å². The van der Waals surface area contributed by atoms with E-state index in [1.165, 1.54) is 7.11 Å². The monoisotopic (exact) mass is 274 g/mol. The van der Waals surface area contributed by atoms with Crippen LogP contribution in [-0.2, 0) is 9.53 Å². The number of rotatable bonds is 5. The molecule has 0 bridgehead atoms. The number of hydrogen-bond acceptors (Lipinski definition) is 5. The molecule has 0 aliphatic heterocycles. The predicted molar refractivity (Wildman–Crippen MR) is 76.5 cm³/mol. The van der Waals surface area contributed by atoms with Gasteiger partial charge < -0.3 is 15.2 Å². The van der Waals surface area contributed by atoms with E-state index in [4.69, 9.17) is 10.5 Å². The van der Waals surface area contributed by atoms with Gasteiger partial charge >= 0.3 is 5.97 Å². The molecule has 0 saturated carbocycles. The molecular weight excluding hydrogens is 256 g/mol. The van der Waals surface area contributed by atoms with Gasteiger partial charge in [0, 0.05) is 18.0 Å². The number of hydrogen-bond donors (Lipinski definition) is 1. The minimum atomic E-state index is -1.05. The van der Waals surface area contributed by atoms with E-state index in [2.05, 4.69) is 9.72 Å². The van der Waals surface area contributed by atoms with Crippen LogP contribution in [0.2, 0.25) is 0 Å². The normalized spacial score (nSPS) is 13.8. The predicted octanol–water partition coefficient (Wildman–Crippen LogP) is 1.89. The van der Waals surface area contributed by atoms with Crippen LogP contribution in [0.25, 0.3) is 10.9 Å². The second-order valence-corrected chi connectivity index (χ2v) is 4.84. The van der Waals surface area contributed by atoms with Gasteiger partial charge in [-0.15, -0.1) is 0 Å². The highest BCUT2D eigenvalue weighted by molar-refractivity contribution is 5.84. The largest absolute Gasteiger partial charge is 0.491 e. The summed E-state index contributed by atoms with van der Waals surface area (Å²) in [7, 11) is 1.32. The van der Waals surface area contributed by atoms with Crippen molar-refractivity contribution >= 4 is 16.9 Å². The minimum absolute atomic E-state index is 0.317. The standard InChI is InChI=1S/C15H18N2O3/c1-15(16,14(18)19-2)8-10-20-12-7-3-5-11-6-4-9-17-13(11)12/h3-7,9H,8,10,16H2,1-2H3. The fourth-order valence-corrected chi connectivity index (χ4v) is 1.90. The molecule has 1 atom stereocenters. The third kappa shape index (κ3) is 3.05. The molecule has 0 radical (unpaired) electrons. The summed E-state index contributed by atoms with van der Waals surface area (Å²) >= 11 is 0. The van der Waals surface area contributed by atoms with Gasteiger partial charge in [-0.1, -0.05) is 18.2 Å². The highest BCUT2D eigenvalue weighted by atomic mass is 16.5. The Morgan fingerprint density at radius 2 is 2.10 bits per heavy atom. The van der Waals surface area contributed by atoms with Crippen molar-refractivity contribution in [3.05, 3.63) is 36.5 Å². The number of para-hydroxylation sites is 1. The number of methoxy groups -OCH3 is 1. The van der Waals surface area contributed by atoms with Crippen molar-refractivity contribution in [3.8, 4) is 5.75 Å². The van der Waals surface area contributed by atoms with Crippen LogP contribution < -0.4 is 10.5 Å². The number of aromatic nitrogens is 1. The van der Waals surface area contributed by atoms with Crippen molar-refractivity contribution in [3.63, 3.8) is 0 Å². The van der Waals surface area contributed by atoms with Crippen LogP contribution in [0.4, 0.5) is 0 Å². The number of benzene rings is 1. The van der Waals surface area contributed by atoms with Crippen molar-refractivity contribution in [2.75, 3.05) is 13.7 Å². The summed E-state index contributed by atoms with van der Waals surface area (Å²) in [5.74, 6) is 0.237. The SMILES string of the molecule is COC(=O)C(C)(N)CCOc1cccc2cccnc12. The molecule has 2 N–H and O–H groups in total. The number of esters is 1. The molecule has 1 heterocycles. The Kier molecular flexibility index (Phi) is 4.20. The molecule has 0 aliphatic carbocycles. The molecule has 20 heavy (non-hydrogen) atoms. The summed E-state index contributed by atoms with van der Waals surface area (Å²) in [4.78, 5) is 15.8. The zero-order chi connectivity index (χ0) is 14.6. The zero-order valence-electron chi connectivity index (χ0n) is 11.6. The Labute approximate surface area is 117 Å². The average molecular weight is 274 g/mol. The van der Waals surface area contributed by atoms with E-state index in [1.54, 1.807) is 13.1 Å². The van der Waals surface area contributed by atoms with E-state index >= 15 is 0 Å². The molecule has 1 aromatic carbocycles. The van der Waals surface area contributed by atoms with Crippen LogP contribution in [0.5, 0.6) is 5.75 Å². The summed E-state index contributed by atoms with van der Waals surface area (Å²) < 4.78 is 10.4. The lowest BCUT2D eigenvalue weighted by Gasteiger charge is -2.21. The van der Waals surface area contributed by atoms with Crippen molar-refractivity contribution in [1.29, 1.82) is 0 Å². The molecule has 5 heteroatoms. The molecule has 0 spiro atoms. The Morgan fingerprint density at radius 3 is 2.85 bits per heavy atom. The zero-order valence-corrected chi connectivity index (χ0v) is 11.6. The molecule has 1 aromatic heterocycles. The molecule has 5 nitrogen and oxygen atoms in total. The van der Waals surface area contributed by atoms with Gasteiger partial charge in [-0.05, 0) is 19.1 Å². The first-order valence-electron chi connectivity index (χ1n) is 6.38. The molecule has 2 rings (SSSR count). The number of nitrogens with zero attached hydrogens (tertiary/aromatic N) is 1. The number of carbonyl (C=O) groups is 1. The lowest BCUT2D eigenvalue weighted by Crippen LogP contribution is -2.46. The van der Waals surface area contributed by atoms with Gasteiger partial charge in [0.2, 0.25) is 0 Å². The number of pyridine rings is 1. The fraction of sp³-hybridized carbons (Fsp3) is 0.333. The third-order valence-corrected chi connectivity index (χ3v) is 3.13. The van der Waals surface area contributed by atoms with E-state index in [0.717, 1.165) is 10.9 Å². The topological polar surface area (TPSA) is 74.4 Å². The van der Waals surface area contributed by atoms with Crippen molar-refractivity contribution in [2.24, 2.45) is 5.73 Å². The van der Waals surface area contributed by atoms with Gasteiger partial charge in [0.05, 0.1) is 13.7 Å². The molecule has 1 unspecified atom stereocenters. The summed E-state index contributed by atoms with van der Waals surface area (Å²) in [5, 5.41) is 1.01. The van der Waals surface area contributed by atoms with Gasteiger partial charge in [0.25, 0.3) is 0 Å². The van der Waals surface area contributed by atoms with Crippen molar-refractivity contribution in [2.45, 2.75) is 18.9 Å². The number of fused-ring (bicyclic) bond motifs is 1. The first-order chi connectivity index (χ1) is 9.54. The number of ether oxygens (including phenoxy) is 2. The van der Waals surface area contributed by atoms with Crippen molar-refractivity contribution < 1.29 is 14.3 Å². The summed E-state index contributed by atoms with van der Waals surface area (Å²) in [6, 6.07) is 9.57. The van der Waals surface area contributed by atoms with Crippen LogP contribution in [0.1, 0.15) is 13.3 Å². The number of carbonyl (C=O) groups excluding carboxylic acids is 1. The first kappa shape index (κ1) is 14.3. The van der Waals surface area contributed by atoms with Crippen LogP contribution in [0.15, 0.2) is 36.5 Å². The molecular formula is C15H18N2O3. The second-order valence-electron chi connectivity index (χ2n) is 4.84. The fourth-order valence-electron chi connectivity index (χ4n) is 1.90. The Bertz CT molecular complexity index is 606. The molecule has 106 valence electrons. The maximum atomic E-state index is 11.5. The van der Waals surface area contributed by atoms with Crippen LogP contribution in [-0.4, -0.2) is 30.2 Å². The Balaban J connectivity index is 2.05. The third-order valence-electron chi connectivity index (χ3n) is 3.13. The molecule has 2 aromatic rings. The van der Waals surface area contributed by atoms with E-state index in [9.17, 15) is 4.79 Å². The lowest BCUT2D eigenvalue weighted by atomic mass is 10.0. The van der Waals surface area contributed by atoms with Gasteiger partial charge in [-0.2, -0.15) is 0 Å². The maximum Gasteiger partial charge on any atom is 0.325 e. The maximum absolute atomic E-state index is 11.5. The van der Waals surface area contributed by atoms with Gasteiger partial charge in [0.15, 0.2) is 0 Å². The van der Waals surface area contributed by atoms with Gasteiger partial charge in [-0.25, -0.2) is 0 Å². The molecule has 0 saturated heterocycles. The summed E-state index contributed by atoms with van der Waals surface area (Å²) in [6.45, 7) is 1.95.